The van der Waals surface area contributed by atoms with Crippen molar-refractivity contribution < 1.29 is 14.4 Å². The van der Waals surface area contributed by atoms with E-state index in [9.17, 15) is 14.4 Å². The van der Waals surface area contributed by atoms with Crippen LogP contribution in [0.5, 0.6) is 0 Å². The van der Waals surface area contributed by atoms with Crippen molar-refractivity contribution in [2.24, 2.45) is 0 Å². The zero-order chi connectivity index (χ0) is 21.1. The van der Waals surface area contributed by atoms with E-state index in [2.05, 4.69) is 36.1 Å². The minimum Gasteiger partial charge on any atom is -0.353 e. The average Bonchev–Trinajstić information content (AvgIpc) is 2.99. The topological polar surface area (TPSA) is 95.5 Å². The number of carbonyl (C=O) groups excluding carboxylic acids is 3. The Kier molecular flexibility index (Phi) is 6.08. The van der Waals surface area contributed by atoms with Crippen LogP contribution in [-0.2, 0) is 4.79 Å². The zero-order valence-corrected chi connectivity index (χ0v) is 18.0. The van der Waals surface area contributed by atoms with Gasteiger partial charge < -0.3 is 10.2 Å². The lowest BCUT2D eigenvalue weighted by atomic mass is 10.0. The molecule has 1 fully saturated rings. The highest BCUT2D eigenvalue weighted by atomic mass is 79.9. The van der Waals surface area contributed by atoms with E-state index in [1.807, 2.05) is 0 Å². The largest absolute Gasteiger partial charge is 0.353 e. The van der Waals surface area contributed by atoms with Crippen molar-refractivity contribution in [2.45, 2.75) is 31.7 Å². The van der Waals surface area contributed by atoms with E-state index in [-0.39, 0.29) is 36.7 Å². The maximum absolute atomic E-state index is 12.5. The van der Waals surface area contributed by atoms with E-state index < -0.39 is 0 Å². The molecule has 156 valence electrons. The van der Waals surface area contributed by atoms with E-state index in [1.54, 1.807) is 36.7 Å². The fourth-order valence-electron chi connectivity index (χ4n) is 3.84. The number of halogens is 1. The van der Waals surface area contributed by atoms with E-state index in [0.29, 0.717) is 17.5 Å². The van der Waals surface area contributed by atoms with Gasteiger partial charge in [0.15, 0.2) is 0 Å². The number of aromatic nitrogens is 2. The van der Waals surface area contributed by atoms with Gasteiger partial charge in [-0.3, -0.25) is 19.3 Å². The number of imide groups is 1. The van der Waals surface area contributed by atoms with Gasteiger partial charge in [0, 0.05) is 49.0 Å². The van der Waals surface area contributed by atoms with E-state index in [0.717, 1.165) is 36.4 Å². The van der Waals surface area contributed by atoms with Gasteiger partial charge in [-0.05, 0) is 43.5 Å². The summed E-state index contributed by atoms with van der Waals surface area (Å²) in [6.45, 7) is 1.82. The van der Waals surface area contributed by atoms with E-state index in [4.69, 9.17) is 0 Å². The average molecular weight is 472 g/mol. The molecule has 2 aliphatic heterocycles. The number of fused-ring (bicyclic) bond motifs is 1. The van der Waals surface area contributed by atoms with Crippen LogP contribution in [0.1, 0.15) is 46.4 Å². The molecule has 9 heteroatoms. The van der Waals surface area contributed by atoms with Gasteiger partial charge in [-0.15, -0.1) is 0 Å². The second-order valence-corrected chi connectivity index (χ2v) is 8.35. The predicted molar refractivity (Wildman–Crippen MR) is 114 cm³/mol. The third-order valence-corrected chi connectivity index (χ3v) is 5.91. The number of hydrogen-bond donors (Lipinski definition) is 1. The zero-order valence-electron chi connectivity index (χ0n) is 16.4. The number of carbonyl (C=O) groups is 3. The second-order valence-electron chi connectivity index (χ2n) is 7.43. The summed E-state index contributed by atoms with van der Waals surface area (Å²) in [5.41, 5.74) is 0.829. The molecular formula is C21H22BrN5O3. The summed E-state index contributed by atoms with van der Waals surface area (Å²) in [6, 6.07) is 6.97. The first-order chi connectivity index (χ1) is 14.5. The molecule has 0 aliphatic carbocycles. The van der Waals surface area contributed by atoms with Crippen molar-refractivity contribution in [3.05, 3.63) is 52.3 Å². The number of nitrogens with one attached hydrogen (secondary N) is 1. The number of hydrogen-bond acceptors (Lipinski definition) is 6. The van der Waals surface area contributed by atoms with Crippen molar-refractivity contribution in [1.29, 1.82) is 0 Å². The quantitative estimate of drug-likeness (QED) is 0.649. The molecular weight excluding hydrogens is 450 g/mol. The van der Waals surface area contributed by atoms with E-state index in [1.165, 1.54) is 4.90 Å². The first-order valence-electron chi connectivity index (χ1n) is 10.00. The number of amides is 3. The van der Waals surface area contributed by atoms with Crippen LogP contribution in [0.4, 0.5) is 5.95 Å². The molecule has 0 saturated carbocycles. The van der Waals surface area contributed by atoms with Crippen molar-refractivity contribution in [2.75, 3.05) is 24.5 Å². The lowest BCUT2D eigenvalue weighted by Crippen LogP contribution is -2.45. The SMILES string of the molecule is O=C(CCCN1C(=O)c2ccc(Br)cc2C1=O)NC1CCN(c2ncccn2)CC1. The van der Waals surface area contributed by atoms with Crippen molar-refractivity contribution in [3.8, 4) is 0 Å². The molecule has 1 saturated heterocycles. The van der Waals surface area contributed by atoms with Crippen LogP contribution in [0, 0.1) is 0 Å². The first kappa shape index (κ1) is 20.5. The third kappa shape index (κ3) is 4.35. The highest BCUT2D eigenvalue weighted by Gasteiger charge is 2.35. The second kappa shape index (κ2) is 8.91. The van der Waals surface area contributed by atoms with Gasteiger partial charge in [0.2, 0.25) is 11.9 Å². The molecule has 1 N–H and O–H groups in total. The Morgan fingerprint density at radius 1 is 1.10 bits per heavy atom. The lowest BCUT2D eigenvalue weighted by molar-refractivity contribution is -0.122. The number of nitrogens with zero attached hydrogens (tertiary/aromatic N) is 4. The first-order valence-corrected chi connectivity index (χ1v) is 10.8. The maximum atomic E-state index is 12.5. The van der Waals surface area contributed by atoms with Crippen LogP contribution in [0.15, 0.2) is 41.1 Å². The monoisotopic (exact) mass is 471 g/mol. The number of piperidine rings is 1. The minimum absolute atomic E-state index is 0.0521. The molecule has 30 heavy (non-hydrogen) atoms. The molecule has 0 spiro atoms. The van der Waals surface area contributed by atoms with E-state index >= 15 is 0 Å². The Balaban J connectivity index is 1.21. The van der Waals surface area contributed by atoms with Crippen LogP contribution in [0.25, 0.3) is 0 Å². The van der Waals surface area contributed by atoms with Crippen molar-refractivity contribution in [3.63, 3.8) is 0 Å². The van der Waals surface area contributed by atoms with Crippen LogP contribution < -0.4 is 10.2 Å². The summed E-state index contributed by atoms with van der Waals surface area (Å²) in [5.74, 6) is 0.0737. The fraction of sp³-hybridized carbons (Fsp3) is 0.381. The van der Waals surface area contributed by atoms with Gasteiger partial charge in [-0.2, -0.15) is 0 Å². The normalized spacial score (nSPS) is 16.7. The van der Waals surface area contributed by atoms with Gasteiger partial charge in [0.1, 0.15) is 0 Å². The van der Waals surface area contributed by atoms with Crippen LogP contribution >= 0.6 is 15.9 Å². The predicted octanol–water partition coefficient (Wildman–Crippen LogP) is 2.40. The standard InChI is InChI=1S/C21H22BrN5O3/c22-14-4-5-16-17(13-14)20(30)27(19(16)29)10-1-3-18(28)25-15-6-11-26(12-7-15)21-23-8-2-9-24-21/h2,4-5,8-9,13,15H,1,3,6-7,10-12H2,(H,25,28). The molecule has 2 aliphatic rings. The molecule has 4 rings (SSSR count). The summed E-state index contributed by atoms with van der Waals surface area (Å²) in [6.07, 6.45) is 5.83. The van der Waals surface area contributed by atoms with Gasteiger partial charge in [-0.25, -0.2) is 9.97 Å². The van der Waals surface area contributed by atoms with Crippen LogP contribution in [0.3, 0.4) is 0 Å². The third-order valence-electron chi connectivity index (χ3n) is 5.41. The highest BCUT2D eigenvalue weighted by Crippen LogP contribution is 2.26. The summed E-state index contributed by atoms with van der Waals surface area (Å²) < 4.78 is 0.758. The summed E-state index contributed by atoms with van der Waals surface area (Å²) in [4.78, 5) is 49.1. The Bertz CT molecular complexity index is 960. The van der Waals surface area contributed by atoms with Gasteiger partial charge in [-0.1, -0.05) is 15.9 Å². The smallest absolute Gasteiger partial charge is 0.261 e. The molecule has 8 nitrogen and oxygen atoms in total. The molecule has 2 aromatic rings. The number of benzene rings is 1. The Hall–Kier alpha value is -2.81. The van der Waals surface area contributed by atoms with Gasteiger partial charge >= 0.3 is 0 Å². The molecule has 3 heterocycles. The molecule has 1 aromatic heterocycles. The summed E-state index contributed by atoms with van der Waals surface area (Å²) in [5, 5.41) is 3.06. The maximum Gasteiger partial charge on any atom is 0.261 e. The fourth-order valence-corrected chi connectivity index (χ4v) is 4.20. The molecule has 0 radical (unpaired) electrons. The van der Waals surface area contributed by atoms with Crippen molar-refractivity contribution >= 4 is 39.6 Å². The van der Waals surface area contributed by atoms with Gasteiger partial charge in [0.25, 0.3) is 11.8 Å². The minimum atomic E-state index is -0.299. The molecule has 0 bridgehead atoms. The summed E-state index contributed by atoms with van der Waals surface area (Å²) in [7, 11) is 0. The Morgan fingerprint density at radius 2 is 1.80 bits per heavy atom. The van der Waals surface area contributed by atoms with Gasteiger partial charge in [0.05, 0.1) is 11.1 Å². The highest BCUT2D eigenvalue weighted by molar-refractivity contribution is 9.10. The molecule has 0 atom stereocenters. The molecule has 1 aromatic carbocycles. The Morgan fingerprint density at radius 3 is 2.53 bits per heavy atom. The summed E-state index contributed by atoms with van der Waals surface area (Å²) >= 11 is 3.32. The lowest BCUT2D eigenvalue weighted by Gasteiger charge is -2.32. The number of rotatable bonds is 6. The Labute approximate surface area is 182 Å². The van der Waals surface area contributed by atoms with Crippen LogP contribution in [-0.4, -0.2) is 58.3 Å². The van der Waals surface area contributed by atoms with Crippen LogP contribution in [0.2, 0.25) is 0 Å². The molecule has 0 unspecified atom stereocenters. The van der Waals surface area contributed by atoms with Crippen molar-refractivity contribution in [1.82, 2.24) is 20.2 Å². The molecule has 3 amide bonds. The number of anilines is 1.